The molecule has 1 atom stereocenters. The largest absolute Gasteiger partial charge is 0.352 e. The molecule has 1 aliphatic carbocycles. The number of thioether (sulfide) groups is 1. The monoisotopic (exact) mass is 442 g/mol. The maximum Gasteiger partial charge on any atom is 0.243 e. The normalized spacial score (nSPS) is 14.9. The first kappa shape index (κ1) is 23.3. The summed E-state index contributed by atoms with van der Waals surface area (Å²) in [7, 11) is 0. The molecule has 6 heteroatoms. The van der Waals surface area contributed by atoms with Crippen LogP contribution in [0.15, 0.2) is 54.6 Å². The molecular formula is C25H31FN2O2S. The molecular weight excluding hydrogens is 411 g/mol. The lowest BCUT2D eigenvalue weighted by atomic mass is 10.1. The van der Waals surface area contributed by atoms with Gasteiger partial charge in [-0.05, 0) is 36.5 Å². The van der Waals surface area contributed by atoms with Crippen molar-refractivity contribution in [2.24, 2.45) is 0 Å². The van der Waals surface area contributed by atoms with E-state index < -0.39 is 6.04 Å². The Balaban J connectivity index is 1.68. The maximum atomic E-state index is 13.9. The third-order valence-corrected chi connectivity index (χ3v) is 6.69. The van der Waals surface area contributed by atoms with Crippen LogP contribution in [0.1, 0.15) is 50.2 Å². The van der Waals surface area contributed by atoms with Gasteiger partial charge in [0.1, 0.15) is 11.9 Å². The zero-order chi connectivity index (χ0) is 22.1. The zero-order valence-corrected chi connectivity index (χ0v) is 18.9. The smallest absolute Gasteiger partial charge is 0.243 e. The Morgan fingerprint density at radius 2 is 1.77 bits per heavy atom. The van der Waals surface area contributed by atoms with E-state index >= 15 is 0 Å². The van der Waals surface area contributed by atoms with Gasteiger partial charge in [-0.2, -0.15) is 0 Å². The van der Waals surface area contributed by atoms with E-state index in [2.05, 4.69) is 5.32 Å². The molecule has 0 aliphatic heterocycles. The van der Waals surface area contributed by atoms with E-state index in [-0.39, 0.29) is 29.4 Å². The Morgan fingerprint density at radius 3 is 2.45 bits per heavy atom. The second kappa shape index (κ2) is 11.9. The molecule has 0 heterocycles. The van der Waals surface area contributed by atoms with Crippen molar-refractivity contribution in [2.75, 3.05) is 5.75 Å². The highest BCUT2D eigenvalue weighted by atomic mass is 32.2. The van der Waals surface area contributed by atoms with Crippen molar-refractivity contribution in [2.45, 2.75) is 63.4 Å². The molecule has 166 valence electrons. The number of amides is 2. The fourth-order valence-corrected chi connectivity index (χ4v) is 4.91. The van der Waals surface area contributed by atoms with E-state index in [9.17, 15) is 14.0 Å². The minimum Gasteiger partial charge on any atom is -0.352 e. The summed E-state index contributed by atoms with van der Waals surface area (Å²) in [4.78, 5) is 27.9. The van der Waals surface area contributed by atoms with Crippen molar-refractivity contribution in [1.29, 1.82) is 0 Å². The molecule has 2 aromatic carbocycles. The second-order valence-corrected chi connectivity index (χ2v) is 8.99. The van der Waals surface area contributed by atoms with Crippen molar-refractivity contribution in [3.63, 3.8) is 0 Å². The van der Waals surface area contributed by atoms with Crippen LogP contribution in [-0.4, -0.2) is 34.6 Å². The Kier molecular flexibility index (Phi) is 8.95. The average Bonchev–Trinajstić information content (AvgIpc) is 3.28. The van der Waals surface area contributed by atoms with Crippen molar-refractivity contribution in [1.82, 2.24) is 10.2 Å². The second-order valence-electron chi connectivity index (χ2n) is 8.01. The van der Waals surface area contributed by atoms with Crippen molar-refractivity contribution in [3.05, 3.63) is 71.5 Å². The molecule has 0 radical (unpaired) electrons. The Morgan fingerprint density at radius 1 is 1.10 bits per heavy atom. The highest BCUT2D eigenvalue weighted by Crippen LogP contribution is 2.21. The third-order valence-electron chi connectivity index (χ3n) is 5.72. The first-order valence-corrected chi connectivity index (χ1v) is 12.2. The molecule has 1 saturated carbocycles. The summed E-state index contributed by atoms with van der Waals surface area (Å²) in [5.41, 5.74) is 1.57. The molecule has 4 nitrogen and oxygen atoms in total. The summed E-state index contributed by atoms with van der Waals surface area (Å²) in [6.07, 6.45) is 4.85. The van der Waals surface area contributed by atoms with Gasteiger partial charge >= 0.3 is 0 Å². The maximum absolute atomic E-state index is 13.9. The number of nitrogens with one attached hydrogen (secondary N) is 1. The fraction of sp³-hybridized carbons (Fsp3) is 0.440. The first-order chi connectivity index (χ1) is 15.1. The van der Waals surface area contributed by atoms with Crippen LogP contribution in [0.3, 0.4) is 0 Å². The lowest BCUT2D eigenvalue weighted by Gasteiger charge is -2.31. The summed E-state index contributed by atoms with van der Waals surface area (Å²) in [5, 5.41) is 3.15. The van der Waals surface area contributed by atoms with Gasteiger partial charge < -0.3 is 10.2 Å². The summed E-state index contributed by atoms with van der Waals surface area (Å²) < 4.78 is 13.9. The summed E-state index contributed by atoms with van der Waals surface area (Å²) >= 11 is 1.38. The number of carbonyl (C=O) groups excluding carboxylic acids is 2. The predicted octanol–water partition coefficient (Wildman–Crippen LogP) is 4.93. The molecule has 2 aromatic rings. The van der Waals surface area contributed by atoms with Gasteiger partial charge in [-0.1, -0.05) is 68.3 Å². The molecule has 1 aliphatic rings. The summed E-state index contributed by atoms with van der Waals surface area (Å²) in [6, 6.07) is 16.1. The molecule has 1 fully saturated rings. The van der Waals surface area contributed by atoms with Crippen LogP contribution in [0.25, 0.3) is 0 Å². The summed E-state index contributed by atoms with van der Waals surface area (Å²) in [6.45, 7) is 2.33. The van der Waals surface area contributed by atoms with Crippen LogP contribution < -0.4 is 5.32 Å². The Hall–Kier alpha value is -2.34. The lowest BCUT2D eigenvalue weighted by Crippen LogP contribution is -2.51. The molecule has 2 amide bonds. The topological polar surface area (TPSA) is 49.4 Å². The minimum atomic E-state index is -0.512. The van der Waals surface area contributed by atoms with Crippen LogP contribution in [-0.2, 0) is 21.9 Å². The highest BCUT2D eigenvalue weighted by molar-refractivity contribution is 7.99. The van der Waals surface area contributed by atoms with E-state index in [1.54, 1.807) is 23.1 Å². The Labute approximate surface area is 188 Å². The van der Waals surface area contributed by atoms with Crippen LogP contribution in [0, 0.1) is 5.82 Å². The van der Waals surface area contributed by atoms with Gasteiger partial charge in [0.15, 0.2) is 0 Å². The highest BCUT2D eigenvalue weighted by Gasteiger charge is 2.30. The lowest BCUT2D eigenvalue weighted by molar-refractivity contribution is -0.139. The van der Waals surface area contributed by atoms with Crippen LogP contribution in [0.5, 0.6) is 0 Å². The zero-order valence-electron chi connectivity index (χ0n) is 18.1. The number of nitrogens with zero attached hydrogens (tertiary/aromatic N) is 1. The van der Waals surface area contributed by atoms with Gasteiger partial charge in [-0.15, -0.1) is 11.8 Å². The number of hydrogen-bond donors (Lipinski definition) is 1. The van der Waals surface area contributed by atoms with Gasteiger partial charge in [0.05, 0.1) is 5.75 Å². The van der Waals surface area contributed by atoms with Gasteiger partial charge in [-0.25, -0.2) is 4.39 Å². The summed E-state index contributed by atoms with van der Waals surface area (Å²) in [5.74, 6) is 0.194. The van der Waals surface area contributed by atoms with Crippen LogP contribution in [0.4, 0.5) is 4.39 Å². The van der Waals surface area contributed by atoms with E-state index in [4.69, 9.17) is 0 Å². The molecule has 31 heavy (non-hydrogen) atoms. The predicted molar refractivity (Wildman–Crippen MR) is 124 cm³/mol. The number of carbonyl (C=O) groups is 2. The van der Waals surface area contributed by atoms with Crippen molar-refractivity contribution >= 4 is 23.6 Å². The molecule has 0 unspecified atom stereocenters. The SMILES string of the molecule is CC[C@@H](C(=O)NC1CCCC1)N(Cc1ccccc1)C(=O)CSCc1ccccc1F. The molecule has 0 spiro atoms. The van der Waals surface area contributed by atoms with E-state index in [0.717, 1.165) is 31.2 Å². The fourth-order valence-electron chi connectivity index (χ4n) is 4.01. The minimum absolute atomic E-state index is 0.0715. The molecule has 0 saturated heterocycles. The van der Waals surface area contributed by atoms with Gasteiger partial charge in [0.2, 0.25) is 11.8 Å². The van der Waals surface area contributed by atoms with Crippen molar-refractivity contribution < 1.29 is 14.0 Å². The number of rotatable bonds is 10. The van der Waals surface area contributed by atoms with Crippen molar-refractivity contribution in [3.8, 4) is 0 Å². The first-order valence-electron chi connectivity index (χ1n) is 11.0. The number of hydrogen-bond acceptors (Lipinski definition) is 3. The molecule has 0 aromatic heterocycles. The van der Waals surface area contributed by atoms with E-state index in [1.807, 2.05) is 37.3 Å². The third kappa shape index (κ3) is 6.82. The van der Waals surface area contributed by atoms with Crippen LogP contribution >= 0.6 is 11.8 Å². The number of benzene rings is 2. The average molecular weight is 443 g/mol. The Bertz CT molecular complexity index is 856. The van der Waals surface area contributed by atoms with E-state index in [1.165, 1.54) is 17.8 Å². The van der Waals surface area contributed by atoms with Gasteiger partial charge in [0, 0.05) is 18.3 Å². The molecule has 1 N–H and O–H groups in total. The van der Waals surface area contributed by atoms with Crippen LogP contribution in [0.2, 0.25) is 0 Å². The van der Waals surface area contributed by atoms with Gasteiger partial charge in [0.25, 0.3) is 0 Å². The standard InChI is InChI=1S/C25H31FN2O2S/c1-2-23(25(30)27-21-13-7-8-14-21)28(16-19-10-4-3-5-11-19)24(29)18-31-17-20-12-6-9-15-22(20)26/h3-6,9-12,15,21,23H,2,7-8,13-14,16-18H2,1H3,(H,27,30)/t23-/m0/s1. The quantitative estimate of drug-likeness (QED) is 0.568. The molecule has 3 rings (SSSR count). The molecule has 0 bridgehead atoms. The number of halogens is 1. The van der Waals surface area contributed by atoms with Gasteiger partial charge in [-0.3, -0.25) is 9.59 Å². The van der Waals surface area contributed by atoms with E-state index in [0.29, 0.717) is 24.3 Å².